The van der Waals surface area contributed by atoms with Crippen molar-refractivity contribution < 1.29 is 24.0 Å². The van der Waals surface area contributed by atoms with Crippen LogP contribution in [0, 0.1) is 0 Å². The van der Waals surface area contributed by atoms with Crippen LogP contribution < -0.4 is 15.5 Å². The number of amides is 2. The number of benzene rings is 2. The zero-order valence-electron chi connectivity index (χ0n) is 14.8. The molecule has 3 aromatic rings. The third kappa shape index (κ3) is 4.45. The monoisotopic (exact) mass is 368 g/mol. The van der Waals surface area contributed by atoms with Gasteiger partial charge in [0.25, 0.3) is 11.8 Å². The number of hydrogen-bond acceptors (Lipinski definition) is 5. The first-order chi connectivity index (χ1) is 13.1. The normalized spacial score (nSPS) is 11.8. The number of fused-ring (bicyclic) bond motifs is 1. The highest BCUT2D eigenvalue weighted by Gasteiger charge is 2.18. The molecule has 0 aliphatic carbocycles. The van der Waals surface area contributed by atoms with Gasteiger partial charge in [-0.25, -0.2) is 5.48 Å². The number of hydroxylamine groups is 1. The molecule has 140 valence electrons. The lowest BCUT2D eigenvalue weighted by molar-refractivity contribution is 0.0706. The predicted molar refractivity (Wildman–Crippen MR) is 98.7 cm³/mol. The molecule has 3 rings (SSSR count). The Balaban J connectivity index is 1.69. The van der Waals surface area contributed by atoms with Gasteiger partial charge in [-0.15, -0.1) is 0 Å². The number of furan rings is 1. The number of rotatable bonds is 7. The third-order valence-electron chi connectivity index (χ3n) is 3.99. The van der Waals surface area contributed by atoms with Crippen molar-refractivity contribution >= 4 is 22.8 Å². The summed E-state index contributed by atoms with van der Waals surface area (Å²) in [6.45, 7) is 1.98. The average Bonchev–Trinajstić information content (AvgIpc) is 3.12. The molecule has 0 spiro atoms. The molecule has 0 saturated heterocycles. The Morgan fingerprint density at radius 3 is 2.52 bits per heavy atom. The molecule has 2 aromatic carbocycles. The Morgan fingerprint density at radius 1 is 1.11 bits per heavy atom. The number of nitrogens with one attached hydrogen (secondary N) is 2. The summed E-state index contributed by atoms with van der Waals surface area (Å²) >= 11 is 0. The summed E-state index contributed by atoms with van der Waals surface area (Å²) in [6, 6.07) is 15.3. The van der Waals surface area contributed by atoms with Crippen molar-refractivity contribution in [3.63, 3.8) is 0 Å². The van der Waals surface area contributed by atoms with E-state index in [1.54, 1.807) is 29.7 Å². The zero-order chi connectivity index (χ0) is 19.2. The van der Waals surface area contributed by atoms with Gasteiger partial charge in [0.2, 0.25) is 0 Å². The van der Waals surface area contributed by atoms with Crippen LogP contribution in [0.5, 0.6) is 5.75 Å². The van der Waals surface area contributed by atoms with Gasteiger partial charge in [0.1, 0.15) is 11.3 Å². The second-order valence-corrected chi connectivity index (χ2v) is 5.98. The van der Waals surface area contributed by atoms with E-state index < -0.39 is 12.1 Å². The first-order valence-corrected chi connectivity index (χ1v) is 8.61. The second kappa shape index (κ2) is 8.37. The molecule has 0 bridgehead atoms. The fraction of sp³-hybridized carbons (Fsp3) is 0.200. The maximum atomic E-state index is 12.5. The highest BCUT2D eigenvalue weighted by atomic mass is 16.5. The van der Waals surface area contributed by atoms with Crippen LogP contribution in [0.3, 0.4) is 0 Å². The standard InChI is InChI=1S/C20H20N2O5/c1-2-5-18(26-15-10-8-13(9-11-15)19(23)22-25)21-20(24)17-12-14-6-3-4-7-16(14)27-17/h3-4,6-12,18,25H,2,5H2,1H3,(H,21,24)(H,22,23). The minimum Gasteiger partial charge on any atom is -0.471 e. The Hall–Kier alpha value is -3.32. The lowest BCUT2D eigenvalue weighted by Crippen LogP contribution is -2.38. The van der Waals surface area contributed by atoms with Gasteiger partial charge in [0, 0.05) is 17.4 Å². The molecule has 3 N–H and O–H groups in total. The second-order valence-electron chi connectivity index (χ2n) is 5.98. The summed E-state index contributed by atoms with van der Waals surface area (Å²) in [4.78, 5) is 23.9. The van der Waals surface area contributed by atoms with Gasteiger partial charge in [-0.3, -0.25) is 14.8 Å². The number of carbonyl (C=O) groups is 2. The Morgan fingerprint density at radius 2 is 1.85 bits per heavy atom. The van der Waals surface area contributed by atoms with Crippen LogP contribution in [0.15, 0.2) is 59.0 Å². The predicted octanol–water partition coefficient (Wildman–Crippen LogP) is 3.49. The minimum atomic E-state index is -0.607. The topological polar surface area (TPSA) is 101 Å². The molecule has 0 saturated carbocycles. The SMILES string of the molecule is CCCC(NC(=O)c1cc2ccccc2o1)Oc1ccc(C(=O)NO)cc1. The van der Waals surface area contributed by atoms with Crippen molar-refractivity contribution in [2.75, 3.05) is 0 Å². The van der Waals surface area contributed by atoms with Gasteiger partial charge in [-0.2, -0.15) is 0 Å². The van der Waals surface area contributed by atoms with Gasteiger partial charge in [-0.1, -0.05) is 31.5 Å². The number of carbonyl (C=O) groups excluding carboxylic acids is 2. The summed E-state index contributed by atoms with van der Waals surface area (Å²) in [5, 5.41) is 12.3. The van der Waals surface area contributed by atoms with Crippen LogP contribution in [0.2, 0.25) is 0 Å². The fourth-order valence-corrected chi connectivity index (χ4v) is 2.65. The number of para-hydroxylation sites is 1. The molecule has 0 aliphatic rings. The maximum Gasteiger partial charge on any atom is 0.289 e. The Kier molecular flexibility index (Phi) is 5.73. The van der Waals surface area contributed by atoms with Crippen molar-refractivity contribution in [1.29, 1.82) is 0 Å². The van der Waals surface area contributed by atoms with E-state index in [0.717, 1.165) is 11.8 Å². The van der Waals surface area contributed by atoms with Gasteiger partial charge in [-0.05, 0) is 36.4 Å². The average molecular weight is 368 g/mol. The molecule has 1 unspecified atom stereocenters. The largest absolute Gasteiger partial charge is 0.471 e. The number of hydrogen-bond donors (Lipinski definition) is 3. The van der Waals surface area contributed by atoms with Crippen molar-refractivity contribution in [3.05, 3.63) is 65.9 Å². The van der Waals surface area contributed by atoms with E-state index in [0.29, 0.717) is 23.3 Å². The van der Waals surface area contributed by atoms with Crippen LogP contribution in [0.4, 0.5) is 0 Å². The summed E-state index contributed by atoms with van der Waals surface area (Å²) in [6.07, 6.45) is 0.856. The molecule has 0 radical (unpaired) electrons. The molecule has 1 aromatic heterocycles. The first kappa shape index (κ1) is 18.5. The molecule has 1 heterocycles. The highest BCUT2D eigenvalue weighted by molar-refractivity contribution is 5.96. The van der Waals surface area contributed by atoms with E-state index in [-0.39, 0.29) is 11.7 Å². The van der Waals surface area contributed by atoms with E-state index in [2.05, 4.69) is 5.32 Å². The van der Waals surface area contributed by atoms with Gasteiger partial charge in [0.15, 0.2) is 12.0 Å². The molecule has 7 heteroatoms. The quantitative estimate of drug-likeness (QED) is 0.337. The summed E-state index contributed by atoms with van der Waals surface area (Å²) in [5.41, 5.74) is 2.51. The van der Waals surface area contributed by atoms with Gasteiger partial charge in [0.05, 0.1) is 0 Å². The molecule has 0 aliphatic heterocycles. The molecular weight excluding hydrogens is 348 g/mol. The highest BCUT2D eigenvalue weighted by Crippen LogP contribution is 2.20. The van der Waals surface area contributed by atoms with E-state index in [1.165, 1.54) is 12.1 Å². The lowest BCUT2D eigenvalue weighted by atomic mass is 10.2. The van der Waals surface area contributed by atoms with Crippen LogP contribution >= 0.6 is 0 Å². The van der Waals surface area contributed by atoms with E-state index >= 15 is 0 Å². The van der Waals surface area contributed by atoms with Crippen molar-refractivity contribution in [1.82, 2.24) is 10.8 Å². The van der Waals surface area contributed by atoms with Crippen LogP contribution in [-0.4, -0.2) is 23.2 Å². The molecule has 7 nitrogen and oxygen atoms in total. The molecule has 2 amide bonds. The van der Waals surface area contributed by atoms with Crippen LogP contribution in [-0.2, 0) is 0 Å². The number of ether oxygens (including phenoxy) is 1. The Bertz CT molecular complexity index is 900. The summed E-state index contributed by atoms with van der Waals surface area (Å²) in [7, 11) is 0. The maximum absolute atomic E-state index is 12.5. The molecular formula is C20H20N2O5. The van der Waals surface area contributed by atoms with Crippen LogP contribution in [0.25, 0.3) is 11.0 Å². The molecule has 0 fully saturated rings. The zero-order valence-corrected chi connectivity index (χ0v) is 14.8. The van der Waals surface area contributed by atoms with E-state index in [1.807, 2.05) is 25.1 Å². The Labute approximate surface area is 155 Å². The summed E-state index contributed by atoms with van der Waals surface area (Å²) < 4.78 is 11.4. The minimum absolute atomic E-state index is 0.218. The summed E-state index contributed by atoms with van der Waals surface area (Å²) in [5.74, 6) is -0.255. The van der Waals surface area contributed by atoms with Crippen molar-refractivity contribution in [2.24, 2.45) is 0 Å². The van der Waals surface area contributed by atoms with E-state index in [4.69, 9.17) is 14.4 Å². The van der Waals surface area contributed by atoms with E-state index in [9.17, 15) is 9.59 Å². The molecule has 1 atom stereocenters. The van der Waals surface area contributed by atoms with Gasteiger partial charge < -0.3 is 14.5 Å². The lowest BCUT2D eigenvalue weighted by Gasteiger charge is -2.19. The molecule has 27 heavy (non-hydrogen) atoms. The van der Waals surface area contributed by atoms with Gasteiger partial charge >= 0.3 is 0 Å². The van der Waals surface area contributed by atoms with Crippen molar-refractivity contribution in [2.45, 2.75) is 26.0 Å². The van der Waals surface area contributed by atoms with Crippen molar-refractivity contribution in [3.8, 4) is 5.75 Å². The third-order valence-corrected chi connectivity index (χ3v) is 3.99. The smallest absolute Gasteiger partial charge is 0.289 e. The first-order valence-electron chi connectivity index (χ1n) is 8.61. The van der Waals surface area contributed by atoms with Crippen LogP contribution in [0.1, 0.15) is 40.7 Å². The fourth-order valence-electron chi connectivity index (χ4n) is 2.65.